The van der Waals surface area contributed by atoms with Gasteiger partial charge < -0.3 is 15.1 Å². The molecule has 0 amide bonds. The van der Waals surface area contributed by atoms with E-state index in [-0.39, 0.29) is 6.61 Å². The van der Waals surface area contributed by atoms with Gasteiger partial charge in [0.15, 0.2) is 0 Å². The van der Waals surface area contributed by atoms with Crippen LogP contribution in [0, 0.1) is 0 Å². The van der Waals surface area contributed by atoms with Gasteiger partial charge in [-0.2, -0.15) is 0 Å². The molecule has 0 aliphatic carbocycles. The molecule has 0 fully saturated rings. The van der Waals surface area contributed by atoms with Gasteiger partial charge >= 0.3 is 0 Å². The van der Waals surface area contributed by atoms with Gasteiger partial charge in [0, 0.05) is 24.8 Å². The highest BCUT2D eigenvalue weighted by molar-refractivity contribution is 5.47. The second-order valence-corrected chi connectivity index (χ2v) is 3.40. The molecule has 0 aliphatic heterocycles. The number of hydrogen-bond acceptors (Lipinski definition) is 4. The van der Waals surface area contributed by atoms with E-state index in [1.54, 1.807) is 19.2 Å². The summed E-state index contributed by atoms with van der Waals surface area (Å²) >= 11 is 0. The summed E-state index contributed by atoms with van der Waals surface area (Å²) in [5.74, 6) is 0.754. The maximum atomic E-state index is 9.59. The lowest BCUT2D eigenvalue weighted by molar-refractivity contribution is 0.199. The molecular formula is C11H18N2O2. The molecule has 15 heavy (non-hydrogen) atoms. The number of hydrogen-bond donors (Lipinski definition) is 2. The van der Waals surface area contributed by atoms with Crippen molar-refractivity contribution in [3.8, 4) is 0 Å². The van der Waals surface area contributed by atoms with E-state index >= 15 is 0 Å². The van der Waals surface area contributed by atoms with Crippen LogP contribution in [0.2, 0.25) is 0 Å². The van der Waals surface area contributed by atoms with Gasteiger partial charge in [0.1, 0.15) is 5.82 Å². The van der Waals surface area contributed by atoms with Crippen molar-refractivity contribution in [3.05, 3.63) is 23.9 Å². The van der Waals surface area contributed by atoms with E-state index in [0.717, 1.165) is 17.9 Å². The molecule has 1 aromatic heterocycles. The fourth-order valence-corrected chi connectivity index (χ4v) is 1.53. The van der Waals surface area contributed by atoms with Crippen LogP contribution >= 0.6 is 0 Å². The lowest BCUT2D eigenvalue weighted by atomic mass is 10.1. The normalized spacial score (nSPS) is 12.5. The first kappa shape index (κ1) is 11.9. The van der Waals surface area contributed by atoms with E-state index in [0.29, 0.717) is 6.54 Å². The molecule has 0 spiro atoms. The van der Waals surface area contributed by atoms with E-state index in [2.05, 4.69) is 4.98 Å². The van der Waals surface area contributed by atoms with Crippen LogP contribution in [0.5, 0.6) is 0 Å². The Morgan fingerprint density at radius 3 is 2.80 bits per heavy atom. The number of pyridine rings is 1. The number of nitrogens with zero attached hydrogens (tertiary/aromatic N) is 2. The minimum absolute atomic E-state index is 0.0870. The number of aliphatic hydroxyl groups excluding tert-OH is 2. The summed E-state index contributed by atoms with van der Waals surface area (Å²) in [6.45, 7) is 5.09. The monoisotopic (exact) mass is 210 g/mol. The molecule has 0 saturated heterocycles. The zero-order valence-electron chi connectivity index (χ0n) is 9.22. The molecule has 1 rings (SSSR count). The fraction of sp³-hybridized carbons (Fsp3) is 0.545. The van der Waals surface area contributed by atoms with Crippen molar-refractivity contribution in [2.45, 2.75) is 20.0 Å². The van der Waals surface area contributed by atoms with Crippen molar-refractivity contribution in [1.29, 1.82) is 0 Å². The van der Waals surface area contributed by atoms with Gasteiger partial charge in [-0.15, -0.1) is 0 Å². The van der Waals surface area contributed by atoms with Crippen molar-refractivity contribution >= 4 is 5.82 Å². The van der Waals surface area contributed by atoms with Gasteiger partial charge in [-0.1, -0.05) is 6.07 Å². The van der Waals surface area contributed by atoms with E-state index in [1.165, 1.54) is 0 Å². The number of anilines is 1. The van der Waals surface area contributed by atoms with Crippen molar-refractivity contribution in [2.24, 2.45) is 0 Å². The predicted molar refractivity (Wildman–Crippen MR) is 59.8 cm³/mol. The van der Waals surface area contributed by atoms with Crippen LogP contribution in [0.4, 0.5) is 5.82 Å². The Kier molecular flexibility index (Phi) is 4.52. The van der Waals surface area contributed by atoms with Gasteiger partial charge in [0.2, 0.25) is 0 Å². The quantitative estimate of drug-likeness (QED) is 0.760. The third-order valence-electron chi connectivity index (χ3n) is 2.32. The third kappa shape index (κ3) is 2.91. The highest BCUT2D eigenvalue weighted by Crippen LogP contribution is 2.22. The van der Waals surface area contributed by atoms with Crippen molar-refractivity contribution in [1.82, 2.24) is 4.98 Å². The van der Waals surface area contributed by atoms with Crippen LogP contribution in [0.3, 0.4) is 0 Å². The second kappa shape index (κ2) is 5.68. The van der Waals surface area contributed by atoms with E-state index < -0.39 is 6.10 Å². The maximum absolute atomic E-state index is 9.59. The van der Waals surface area contributed by atoms with Crippen molar-refractivity contribution in [2.75, 3.05) is 24.6 Å². The standard InChI is InChI=1S/C11H18N2O2/c1-3-13(7-8-14)11-10(9(2)15)5-4-6-12-11/h4-6,9,14-15H,3,7-8H2,1-2H3/t9-/m1/s1. The first-order chi connectivity index (χ1) is 7.20. The van der Waals surface area contributed by atoms with Crippen LogP contribution in [0.15, 0.2) is 18.3 Å². The topological polar surface area (TPSA) is 56.6 Å². The molecule has 84 valence electrons. The van der Waals surface area contributed by atoms with Crippen LogP contribution in [-0.2, 0) is 0 Å². The minimum Gasteiger partial charge on any atom is -0.395 e. The average Bonchev–Trinajstić information content (AvgIpc) is 2.26. The molecule has 2 N–H and O–H groups in total. The molecule has 1 atom stereocenters. The highest BCUT2D eigenvalue weighted by atomic mass is 16.3. The third-order valence-corrected chi connectivity index (χ3v) is 2.32. The molecule has 4 heteroatoms. The summed E-state index contributed by atoms with van der Waals surface area (Å²) in [6, 6.07) is 3.66. The molecule has 1 aromatic rings. The molecule has 0 aliphatic rings. The number of rotatable bonds is 5. The first-order valence-electron chi connectivity index (χ1n) is 5.19. The van der Waals surface area contributed by atoms with Crippen LogP contribution in [0.1, 0.15) is 25.5 Å². The van der Waals surface area contributed by atoms with Gasteiger partial charge in [0.05, 0.1) is 12.7 Å². The zero-order valence-corrected chi connectivity index (χ0v) is 9.22. The van der Waals surface area contributed by atoms with Gasteiger partial charge in [-0.05, 0) is 19.9 Å². The van der Waals surface area contributed by atoms with Crippen LogP contribution in [-0.4, -0.2) is 34.9 Å². The van der Waals surface area contributed by atoms with E-state index in [4.69, 9.17) is 5.11 Å². The Morgan fingerprint density at radius 2 is 2.27 bits per heavy atom. The lowest BCUT2D eigenvalue weighted by Gasteiger charge is -2.24. The molecule has 0 aromatic carbocycles. The second-order valence-electron chi connectivity index (χ2n) is 3.40. The molecule has 4 nitrogen and oxygen atoms in total. The number of likely N-dealkylation sites (N-methyl/N-ethyl adjacent to an activating group) is 1. The first-order valence-corrected chi connectivity index (χ1v) is 5.19. The summed E-state index contributed by atoms with van der Waals surface area (Å²) in [6.07, 6.45) is 1.16. The van der Waals surface area contributed by atoms with Gasteiger partial charge in [-0.25, -0.2) is 4.98 Å². The van der Waals surface area contributed by atoms with Crippen molar-refractivity contribution in [3.63, 3.8) is 0 Å². The Hall–Kier alpha value is -1.13. The summed E-state index contributed by atoms with van der Waals surface area (Å²) in [5.41, 5.74) is 0.799. The number of aliphatic hydroxyl groups is 2. The lowest BCUT2D eigenvalue weighted by Crippen LogP contribution is -2.28. The van der Waals surface area contributed by atoms with E-state index in [1.807, 2.05) is 17.9 Å². The smallest absolute Gasteiger partial charge is 0.134 e. The van der Waals surface area contributed by atoms with Crippen LogP contribution in [0.25, 0.3) is 0 Å². The molecule has 0 radical (unpaired) electrons. The fourth-order valence-electron chi connectivity index (χ4n) is 1.53. The Balaban J connectivity index is 2.99. The predicted octanol–water partition coefficient (Wildman–Crippen LogP) is 0.953. The highest BCUT2D eigenvalue weighted by Gasteiger charge is 2.13. The molecule has 0 unspecified atom stereocenters. The Morgan fingerprint density at radius 1 is 1.53 bits per heavy atom. The summed E-state index contributed by atoms with van der Waals surface area (Å²) < 4.78 is 0. The summed E-state index contributed by atoms with van der Waals surface area (Å²) in [5, 5.41) is 18.5. The van der Waals surface area contributed by atoms with E-state index in [9.17, 15) is 5.11 Å². The number of aromatic nitrogens is 1. The average molecular weight is 210 g/mol. The van der Waals surface area contributed by atoms with Gasteiger partial charge in [0.25, 0.3) is 0 Å². The summed E-state index contributed by atoms with van der Waals surface area (Å²) in [7, 11) is 0. The SMILES string of the molecule is CCN(CCO)c1ncccc1[C@@H](C)O. The summed E-state index contributed by atoms with van der Waals surface area (Å²) in [4.78, 5) is 6.19. The molecule has 1 heterocycles. The molecule has 0 bridgehead atoms. The van der Waals surface area contributed by atoms with Crippen molar-refractivity contribution < 1.29 is 10.2 Å². The Labute approximate surface area is 90.2 Å². The Bertz CT molecular complexity index is 302. The molecule has 0 saturated carbocycles. The maximum Gasteiger partial charge on any atom is 0.134 e. The largest absolute Gasteiger partial charge is 0.395 e. The zero-order chi connectivity index (χ0) is 11.3. The molecular weight excluding hydrogens is 192 g/mol. The minimum atomic E-state index is -0.540. The van der Waals surface area contributed by atoms with Crippen LogP contribution < -0.4 is 4.90 Å². The van der Waals surface area contributed by atoms with Gasteiger partial charge in [-0.3, -0.25) is 0 Å².